The van der Waals surface area contributed by atoms with E-state index < -0.39 is 0 Å². The molecule has 1 fully saturated rings. The number of hydrogen-bond acceptors (Lipinski definition) is 2. The zero-order valence-corrected chi connectivity index (χ0v) is 12.8. The van der Waals surface area contributed by atoms with Crippen LogP contribution in [0.1, 0.15) is 56.2 Å². The normalized spacial score (nSPS) is 26.0. The summed E-state index contributed by atoms with van der Waals surface area (Å²) in [4.78, 5) is 2.34. The molecular formula is C17H28N2. The number of rotatable bonds is 5. The molecule has 0 heterocycles. The summed E-state index contributed by atoms with van der Waals surface area (Å²) in [5.41, 5.74) is 8.84. The first-order valence-electron chi connectivity index (χ1n) is 7.54. The second-order valence-electron chi connectivity index (χ2n) is 6.38. The molecular weight excluding hydrogens is 232 g/mol. The van der Waals surface area contributed by atoms with Crippen LogP contribution in [0, 0.1) is 5.92 Å². The van der Waals surface area contributed by atoms with Crippen LogP contribution < -0.4 is 5.73 Å². The molecule has 106 valence electrons. The summed E-state index contributed by atoms with van der Waals surface area (Å²) in [5, 5.41) is 0. The molecule has 0 bridgehead atoms. The molecule has 2 nitrogen and oxygen atoms in total. The Bertz CT molecular complexity index is 390. The van der Waals surface area contributed by atoms with Crippen molar-refractivity contribution in [3.63, 3.8) is 0 Å². The molecule has 2 rings (SSSR count). The molecule has 0 radical (unpaired) electrons. The fraction of sp³-hybridized carbons (Fsp3) is 0.647. The van der Waals surface area contributed by atoms with E-state index in [1.807, 2.05) is 0 Å². The van der Waals surface area contributed by atoms with Crippen molar-refractivity contribution in [2.75, 3.05) is 14.1 Å². The summed E-state index contributed by atoms with van der Waals surface area (Å²) in [6.45, 7) is 4.54. The Morgan fingerprint density at radius 3 is 2.11 bits per heavy atom. The van der Waals surface area contributed by atoms with E-state index in [-0.39, 0.29) is 0 Å². The molecule has 1 aliphatic carbocycles. The lowest BCUT2D eigenvalue weighted by atomic mass is 9.73. The first-order valence-corrected chi connectivity index (χ1v) is 7.54. The summed E-state index contributed by atoms with van der Waals surface area (Å²) in [5.74, 6) is 1.38. The third-order valence-corrected chi connectivity index (χ3v) is 4.67. The van der Waals surface area contributed by atoms with Crippen LogP contribution in [0.2, 0.25) is 0 Å². The van der Waals surface area contributed by atoms with E-state index in [1.54, 1.807) is 0 Å². The Hall–Kier alpha value is -0.860. The molecule has 0 amide bonds. The van der Waals surface area contributed by atoms with Crippen LogP contribution in [0.5, 0.6) is 0 Å². The zero-order valence-electron chi connectivity index (χ0n) is 12.8. The van der Waals surface area contributed by atoms with E-state index in [9.17, 15) is 0 Å². The van der Waals surface area contributed by atoms with Crippen LogP contribution >= 0.6 is 0 Å². The van der Waals surface area contributed by atoms with Crippen LogP contribution in [-0.4, -0.2) is 25.0 Å². The molecule has 1 aromatic carbocycles. The quantitative estimate of drug-likeness (QED) is 0.877. The lowest BCUT2D eigenvalue weighted by molar-refractivity contribution is 0.123. The highest BCUT2D eigenvalue weighted by atomic mass is 15.1. The fourth-order valence-electron chi connectivity index (χ4n) is 3.22. The molecule has 2 unspecified atom stereocenters. The summed E-state index contributed by atoms with van der Waals surface area (Å²) in [6.07, 6.45) is 3.53. The van der Waals surface area contributed by atoms with E-state index in [0.29, 0.717) is 18.0 Å². The molecule has 0 aromatic heterocycles. The lowest BCUT2D eigenvalue weighted by Crippen LogP contribution is -2.43. The van der Waals surface area contributed by atoms with Gasteiger partial charge in [0.05, 0.1) is 0 Å². The maximum absolute atomic E-state index is 5.95. The number of hydrogen-bond donors (Lipinski definition) is 1. The van der Waals surface area contributed by atoms with Gasteiger partial charge in [0.15, 0.2) is 0 Å². The molecule has 0 spiro atoms. The van der Waals surface area contributed by atoms with Crippen molar-refractivity contribution in [1.82, 2.24) is 4.90 Å². The number of nitrogens with zero attached hydrogens (tertiary/aromatic N) is 1. The molecule has 2 heteroatoms. The first-order chi connectivity index (χ1) is 9.02. The highest BCUT2D eigenvalue weighted by molar-refractivity contribution is 5.28. The zero-order chi connectivity index (χ0) is 14.0. The van der Waals surface area contributed by atoms with Crippen molar-refractivity contribution in [2.24, 2.45) is 11.7 Å². The average Bonchev–Trinajstić information content (AvgIpc) is 2.36. The van der Waals surface area contributed by atoms with Crippen LogP contribution in [0.4, 0.5) is 0 Å². The largest absolute Gasteiger partial charge is 0.328 e. The van der Waals surface area contributed by atoms with Gasteiger partial charge in [-0.05, 0) is 56.3 Å². The maximum Gasteiger partial charge on any atom is 0.0371 e. The first kappa shape index (κ1) is 14.5. The van der Waals surface area contributed by atoms with Gasteiger partial charge in [-0.15, -0.1) is 0 Å². The van der Waals surface area contributed by atoms with E-state index in [2.05, 4.69) is 57.1 Å². The minimum absolute atomic E-state index is 0.423. The van der Waals surface area contributed by atoms with Gasteiger partial charge in [0.2, 0.25) is 0 Å². The van der Waals surface area contributed by atoms with Gasteiger partial charge < -0.3 is 10.6 Å². The highest BCUT2D eigenvalue weighted by Gasteiger charge is 2.34. The Balaban J connectivity index is 2.14. The molecule has 2 N–H and O–H groups in total. The molecule has 1 aromatic rings. The van der Waals surface area contributed by atoms with Crippen LogP contribution in [0.25, 0.3) is 0 Å². The van der Waals surface area contributed by atoms with Gasteiger partial charge in [0, 0.05) is 12.1 Å². The second-order valence-corrected chi connectivity index (χ2v) is 6.38. The van der Waals surface area contributed by atoms with Crippen molar-refractivity contribution >= 4 is 0 Å². The smallest absolute Gasteiger partial charge is 0.0371 e. The van der Waals surface area contributed by atoms with Crippen molar-refractivity contribution in [3.05, 3.63) is 35.4 Å². The van der Waals surface area contributed by atoms with Crippen molar-refractivity contribution in [3.8, 4) is 0 Å². The Labute approximate surface area is 118 Å². The van der Waals surface area contributed by atoms with Gasteiger partial charge in [-0.3, -0.25) is 0 Å². The van der Waals surface area contributed by atoms with E-state index in [0.717, 1.165) is 18.8 Å². The Morgan fingerprint density at radius 2 is 1.68 bits per heavy atom. The topological polar surface area (TPSA) is 29.3 Å². The van der Waals surface area contributed by atoms with Crippen LogP contribution in [-0.2, 0) is 0 Å². The summed E-state index contributed by atoms with van der Waals surface area (Å²) in [7, 11) is 4.36. The molecule has 0 saturated heterocycles. The van der Waals surface area contributed by atoms with Gasteiger partial charge in [0.25, 0.3) is 0 Å². The van der Waals surface area contributed by atoms with E-state index in [4.69, 9.17) is 5.73 Å². The van der Waals surface area contributed by atoms with Crippen molar-refractivity contribution < 1.29 is 0 Å². The molecule has 0 aliphatic heterocycles. The predicted octanol–water partition coefficient (Wildman–Crippen LogP) is 3.54. The summed E-state index contributed by atoms with van der Waals surface area (Å²) in [6, 6.07) is 10.2. The Morgan fingerprint density at radius 1 is 1.16 bits per heavy atom. The van der Waals surface area contributed by atoms with Crippen molar-refractivity contribution in [2.45, 2.75) is 51.1 Å². The van der Waals surface area contributed by atoms with Gasteiger partial charge in [0.1, 0.15) is 0 Å². The minimum Gasteiger partial charge on any atom is -0.328 e. The summed E-state index contributed by atoms with van der Waals surface area (Å²) < 4.78 is 0. The van der Waals surface area contributed by atoms with Crippen molar-refractivity contribution in [1.29, 1.82) is 0 Å². The van der Waals surface area contributed by atoms with Gasteiger partial charge in [-0.2, -0.15) is 0 Å². The van der Waals surface area contributed by atoms with Gasteiger partial charge in [-0.25, -0.2) is 0 Å². The fourth-order valence-corrected chi connectivity index (χ4v) is 3.22. The molecule has 1 aliphatic rings. The average molecular weight is 260 g/mol. The summed E-state index contributed by atoms with van der Waals surface area (Å²) >= 11 is 0. The Kier molecular flexibility index (Phi) is 4.64. The second kappa shape index (κ2) is 6.06. The molecule has 1 saturated carbocycles. The molecule has 2 atom stereocenters. The monoisotopic (exact) mass is 260 g/mol. The standard InChI is InChI=1S/C17H28N2/c1-5-12(2)13-6-8-14(9-7-13)17(19(3)4)15-10-16(18)11-15/h6-9,12,15-17H,5,10-11,18H2,1-4H3. The lowest BCUT2D eigenvalue weighted by Gasteiger charge is -2.42. The van der Waals surface area contributed by atoms with Crippen LogP contribution in [0.15, 0.2) is 24.3 Å². The number of benzene rings is 1. The SMILES string of the molecule is CCC(C)c1ccc(C(C2CC(N)C2)N(C)C)cc1. The van der Waals surface area contributed by atoms with Crippen LogP contribution in [0.3, 0.4) is 0 Å². The number of nitrogens with two attached hydrogens (primary N) is 1. The van der Waals surface area contributed by atoms with E-state index >= 15 is 0 Å². The minimum atomic E-state index is 0.423. The third-order valence-electron chi connectivity index (χ3n) is 4.67. The maximum atomic E-state index is 5.95. The van der Waals surface area contributed by atoms with E-state index in [1.165, 1.54) is 17.5 Å². The van der Waals surface area contributed by atoms with Gasteiger partial charge >= 0.3 is 0 Å². The predicted molar refractivity (Wildman–Crippen MR) is 82.3 cm³/mol. The van der Waals surface area contributed by atoms with Gasteiger partial charge in [-0.1, -0.05) is 38.1 Å². The highest BCUT2D eigenvalue weighted by Crippen LogP contribution is 2.40. The molecule has 19 heavy (non-hydrogen) atoms. The third kappa shape index (κ3) is 3.18.